The van der Waals surface area contributed by atoms with Gasteiger partial charge in [0.05, 0.1) is 5.97 Å². The molecule has 116 valence electrons. The first-order chi connectivity index (χ1) is 5.29. The number of hydrogen-bond donors (Lipinski definition) is 0. The number of hydrogen-bond acceptors (Lipinski definition) is 2. The van der Waals surface area contributed by atoms with Crippen LogP contribution in [0, 0.1) is 11.8 Å². The molecule has 2 rings (SSSR count). The molecule has 9 nitrogen and oxygen atoms in total. The van der Waals surface area contributed by atoms with Gasteiger partial charge in [-0.15, -0.1) is 0 Å². The Morgan fingerprint density at radius 2 is 1.42 bits per heavy atom. The zero-order valence-corrected chi connectivity index (χ0v) is 12.9. The molecule has 0 aromatic rings. The average molecular weight is 300 g/mol. The smallest absolute Gasteiger partial charge is 0.545 e. The summed E-state index contributed by atoms with van der Waals surface area (Å²) in [5, 5.41) is 10.6. The van der Waals surface area contributed by atoms with E-state index in [0.717, 1.165) is 12.8 Å². The van der Waals surface area contributed by atoms with Gasteiger partial charge in [0.15, 0.2) is 0 Å². The van der Waals surface area contributed by atoms with Crippen molar-refractivity contribution in [3.8, 4) is 0 Å². The van der Waals surface area contributed by atoms with Gasteiger partial charge in [-0.2, -0.15) is 0 Å². The predicted octanol–water partition coefficient (Wildman–Crippen LogP) is -8.29. The van der Waals surface area contributed by atoms with Crippen molar-refractivity contribution < 1.29 is 77.8 Å². The van der Waals surface area contributed by atoms with E-state index >= 15 is 0 Å². The Bertz CT molecular complexity index is 234. The molecule has 1 fully saturated rings. The van der Waals surface area contributed by atoms with Crippen LogP contribution in [0.1, 0.15) is 25.7 Å². The van der Waals surface area contributed by atoms with Crippen LogP contribution >= 0.6 is 0 Å². The predicted molar refractivity (Wildman–Crippen MR) is 63.8 cm³/mol. The van der Waals surface area contributed by atoms with E-state index in [9.17, 15) is 9.90 Å². The number of aliphatic carboxylic acids is 1. The van der Waals surface area contributed by atoms with Crippen LogP contribution in [0.5, 0.6) is 0 Å². The molecule has 0 radical (unpaired) electrons. The fourth-order valence-electron chi connectivity index (χ4n) is 2.16. The van der Waals surface area contributed by atoms with E-state index in [1.807, 2.05) is 6.08 Å². The maximum atomic E-state index is 10.6. The summed E-state index contributed by atoms with van der Waals surface area (Å²) in [6.07, 6.45) is 6.24. The number of fused-ring (bicyclic) bond motifs is 1. The van der Waals surface area contributed by atoms with Crippen molar-refractivity contribution in [3.63, 3.8) is 0 Å². The maximum absolute atomic E-state index is 10.6. The van der Waals surface area contributed by atoms with E-state index in [2.05, 4.69) is 0 Å². The largest absolute Gasteiger partial charge is 1.00 e. The van der Waals surface area contributed by atoms with Crippen molar-refractivity contribution in [1.29, 1.82) is 0 Å². The van der Waals surface area contributed by atoms with Crippen LogP contribution in [0.3, 0.4) is 0 Å². The molecule has 0 aromatic carbocycles. The summed E-state index contributed by atoms with van der Waals surface area (Å²) in [4.78, 5) is 10.6. The Morgan fingerprint density at radius 3 is 1.68 bits per heavy atom. The molecule has 10 heteroatoms. The van der Waals surface area contributed by atoms with Gasteiger partial charge in [0, 0.05) is 0 Å². The van der Waals surface area contributed by atoms with Gasteiger partial charge >= 0.3 is 29.6 Å². The van der Waals surface area contributed by atoms with E-state index in [0.29, 0.717) is 17.4 Å². The molecule has 0 bridgehead atoms. The molecular formula is C9H25NaO9. The summed E-state index contributed by atoms with van der Waals surface area (Å²) in [5.74, 6) is 0.0565. The molecule has 0 aromatic heterocycles. The topological polar surface area (TPSA) is 261 Å². The third kappa shape index (κ3) is 8.65. The fourth-order valence-corrected chi connectivity index (χ4v) is 2.16. The molecule has 2 atom stereocenters. The van der Waals surface area contributed by atoms with Gasteiger partial charge in [-0.05, 0) is 43.1 Å². The molecular weight excluding hydrogens is 275 g/mol. The van der Waals surface area contributed by atoms with Gasteiger partial charge in [-0.25, -0.2) is 0 Å². The van der Waals surface area contributed by atoms with Gasteiger partial charge < -0.3 is 48.2 Å². The minimum Gasteiger partial charge on any atom is -0.545 e. The third-order valence-corrected chi connectivity index (χ3v) is 2.95. The van der Waals surface area contributed by atoms with Gasteiger partial charge in [0.1, 0.15) is 0 Å². The van der Waals surface area contributed by atoms with Crippen molar-refractivity contribution in [2.75, 3.05) is 0 Å². The first kappa shape index (κ1) is 42.8. The molecule has 1 saturated carbocycles. The van der Waals surface area contributed by atoms with E-state index in [-0.39, 0.29) is 67.9 Å². The van der Waals surface area contributed by atoms with Crippen LogP contribution in [0.25, 0.3) is 0 Å². The first-order valence-electron chi connectivity index (χ1n) is 4.20. The van der Waals surface area contributed by atoms with Gasteiger partial charge in [-0.3, -0.25) is 0 Å². The number of rotatable bonds is 1. The van der Waals surface area contributed by atoms with Crippen molar-refractivity contribution in [2.24, 2.45) is 11.8 Å². The van der Waals surface area contributed by atoms with Crippen LogP contribution in [-0.2, 0) is 4.79 Å². The van der Waals surface area contributed by atoms with Crippen molar-refractivity contribution >= 4 is 5.97 Å². The zero-order valence-electron chi connectivity index (χ0n) is 10.9. The quantitative estimate of drug-likeness (QED) is 0.427. The van der Waals surface area contributed by atoms with Crippen molar-refractivity contribution in [3.05, 3.63) is 11.6 Å². The van der Waals surface area contributed by atoms with Gasteiger partial charge in [-0.1, -0.05) is 6.08 Å². The standard InChI is InChI=1S/C9H12O2.Na.7H2O/c10-9(11)8-3-1-2-6-4-5-7(6)8;;;;;;;;/h3,6-7H,1-2,4-5H2,(H,10,11);;7*1H2/q;+1;;;;;;;/p-1. The number of carboxylic acids is 1. The fraction of sp³-hybridized carbons (Fsp3) is 0.667. The second-order valence-corrected chi connectivity index (χ2v) is 3.47. The van der Waals surface area contributed by atoms with Gasteiger partial charge in [0.25, 0.3) is 0 Å². The molecule has 0 heterocycles. The molecule has 0 saturated heterocycles. The van der Waals surface area contributed by atoms with Crippen molar-refractivity contribution in [2.45, 2.75) is 25.7 Å². The maximum Gasteiger partial charge on any atom is 1.00 e. The second-order valence-electron chi connectivity index (χ2n) is 3.47. The summed E-state index contributed by atoms with van der Waals surface area (Å²) in [6.45, 7) is 0. The second kappa shape index (κ2) is 17.9. The van der Waals surface area contributed by atoms with Crippen LogP contribution in [0.4, 0.5) is 0 Å². The van der Waals surface area contributed by atoms with E-state index in [1.165, 1.54) is 12.8 Å². The minimum absolute atomic E-state index is 0. The molecule has 14 N–H and O–H groups in total. The molecule has 19 heavy (non-hydrogen) atoms. The average Bonchev–Trinajstić information content (AvgIpc) is 1.90. The van der Waals surface area contributed by atoms with Crippen LogP contribution < -0.4 is 34.7 Å². The van der Waals surface area contributed by atoms with Crippen LogP contribution in [0.15, 0.2) is 11.6 Å². The molecule has 0 amide bonds. The monoisotopic (exact) mass is 300 g/mol. The van der Waals surface area contributed by atoms with Gasteiger partial charge in [0.2, 0.25) is 0 Å². The van der Waals surface area contributed by atoms with Crippen molar-refractivity contribution in [1.82, 2.24) is 0 Å². The Balaban J connectivity index is -0.0000000360. The Hall–Kier alpha value is -0.0700. The molecule has 2 unspecified atom stereocenters. The molecule has 2 aliphatic rings. The summed E-state index contributed by atoms with van der Waals surface area (Å²) in [6, 6.07) is 0. The molecule has 0 aliphatic heterocycles. The van der Waals surface area contributed by atoms with E-state index in [1.54, 1.807) is 0 Å². The molecule has 2 aliphatic carbocycles. The minimum atomic E-state index is -0.945. The normalized spacial score (nSPS) is 20.3. The summed E-state index contributed by atoms with van der Waals surface area (Å²) in [7, 11) is 0. The molecule has 0 spiro atoms. The van der Waals surface area contributed by atoms with Crippen LogP contribution in [-0.4, -0.2) is 44.3 Å². The number of carbonyl (C=O) groups excluding carboxylic acids is 1. The number of carboxylic acid groups (broad SMARTS) is 1. The SMILES string of the molecule is O.O.O.O.O.O.O.O=C([O-])C1=CCCC2CCC12.[Na+]. The Morgan fingerprint density at radius 1 is 0.947 bits per heavy atom. The summed E-state index contributed by atoms with van der Waals surface area (Å²) >= 11 is 0. The summed E-state index contributed by atoms with van der Waals surface area (Å²) in [5.41, 5.74) is 0.576. The van der Waals surface area contributed by atoms with E-state index < -0.39 is 5.97 Å². The summed E-state index contributed by atoms with van der Waals surface area (Å²) < 4.78 is 0. The Labute approximate surface area is 133 Å². The van der Waals surface area contributed by atoms with Crippen LogP contribution in [0.2, 0.25) is 0 Å². The Kier molecular flexibility index (Phi) is 40.4. The zero-order chi connectivity index (χ0) is 7.84. The van der Waals surface area contributed by atoms with E-state index in [4.69, 9.17) is 0 Å². The third-order valence-electron chi connectivity index (χ3n) is 2.95. The first-order valence-corrected chi connectivity index (χ1v) is 4.20. The number of carbonyl (C=O) groups is 1. The number of allylic oxidation sites excluding steroid dienone is 1.